The van der Waals surface area contributed by atoms with Crippen molar-refractivity contribution in [2.45, 2.75) is 452 Å². The van der Waals surface area contributed by atoms with Crippen LogP contribution in [0, 0.1) is 0 Å². The minimum Gasteiger partial charge on any atom is -0.394 e. The molecule has 0 bridgehead atoms. The summed E-state index contributed by atoms with van der Waals surface area (Å²) in [7, 11) is 0. The van der Waals surface area contributed by atoms with E-state index in [0.717, 1.165) is 44.9 Å². The lowest BCUT2D eigenvalue weighted by molar-refractivity contribution is -0.379. The summed E-state index contributed by atoms with van der Waals surface area (Å²) < 4.78 is 34.5. The van der Waals surface area contributed by atoms with Crippen LogP contribution in [0.25, 0.3) is 0 Å². The molecule has 3 saturated heterocycles. The molecule has 0 radical (unpaired) electrons. The summed E-state index contributed by atoms with van der Waals surface area (Å²) in [6, 6.07) is -0.970. The van der Waals surface area contributed by atoms with E-state index in [2.05, 4.69) is 19.2 Å². The molecule has 12 N–H and O–H groups in total. The predicted molar refractivity (Wildman–Crippen MR) is 383 cm³/mol. The Labute approximate surface area is 588 Å². The van der Waals surface area contributed by atoms with Gasteiger partial charge >= 0.3 is 0 Å². The highest BCUT2D eigenvalue weighted by molar-refractivity contribution is 5.76. The van der Waals surface area contributed by atoms with Crippen LogP contribution in [0.15, 0.2) is 12.2 Å². The van der Waals surface area contributed by atoms with Crippen LogP contribution in [-0.2, 0) is 33.2 Å². The molecule has 17 atom stereocenters. The lowest BCUT2D eigenvalue weighted by atomic mass is 9.96. The van der Waals surface area contributed by atoms with Gasteiger partial charge in [-0.05, 0) is 19.3 Å². The number of nitrogens with one attached hydrogen (secondary N) is 1. The maximum Gasteiger partial charge on any atom is 0.220 e. The maximum absolute atomic E-state index is 13.5. The Bertz CT molecular complexity index is 1800. The van der Waals surface area contributed by atoms with Crippen molar-refractivity contribution < 1.29 is 89.4 Å². The molecule has 0 aromatic rings. The Kier molecular flexibility index (Phi) is 55.4. The van der Waals surface area contributed by atoms with E-state index in [9.17, 15) is 61.0 Å². The predicted octanol–water partition coefficient (Wildman–Crippen LogP) is 13.2. The van der Waals surface area contributed by atoms with E-state index in [1.54, 1.807) is 6.08 Å². The lowest BCUT2D eigenvalue weighted by Crippen LogP contribution is -2.66. The first-order valence-electron chi connectivity index (χ1n) is 40.4. The first-order chi connectivity index (χ1) is 47.3. The van der Waals surface area contributed by atoms with E-state index in [-0.39, 0.29) is 18.9 Å². The summed E-state index contributed by atoms with van der Waals surface area (Å²) in [5.74, 6) is -0.266. The summed E-state index contributed by atoms with van der Waals surface area (Å²) in [4.78, 5) is 13.5. The number of carbonyl (C=O) groups is 1. The van der Waals surface area contributed by atoms with Gasteiger partial charge in [0.1, 0.15) is 73.2 Å². The Morgan fingerprint density at radius 3 is 0.969 bits per heavy atom. The van der Waals surface area contributed by atoms with Crippen LogP contribution in [0.3, 0.4) is 0 Å². The van der Waals surface area contributed by atoms with Crippen molar-refractivity contribution in [3.05, 3.63) is 12.2 Å². The summed E-state index contributed by atoms with van der Waals surface area (Å²) in [5, 5.41) is 121. The van der Waals surface area contributed by atoms with E-state index in [1.807, 2.05) is 6.08 Å². The number of allylic oxidation sites excluding steroid dienone is 1. The molecule has 17 unspecified atom stereocenters. The Hall–Kier alpha value is -1.47. The fraction of sp³-hybridized carbons (Fsp3) is 0.962. The Balaban J connectivity index is 1.38. The standard InChI is InChI=1S/C78H149NO18/c1-3-5-7-9-11-13-15-17-19-21-23-25-27-29-30-31-32-33-35-37-39-41-43-45-47-49-51-53-55-62(83)61(79-66(84)56-54-52-50-48-46-44-42-40-38-36-34-28-26-24-22-20-18-16-14-12-10-8-6-4-2)60-92-76-72(90)69(87)74(64(58-81)94-76)97-78-73(91)70(88)75(65(59-82)95-78)96-77-71(89)68(86)67(85)63(57-80)93-77/h53,55,61-65,67-78,80-83,85-91H,3-52,54,56-60H2,1-2H3,(H,79,84)/b55-53+. The Morgan fingerprint density at radius 2 is 0.639 bits per heavy atom. The third-order valence-corrected chi connectivity index (χ3v) is 20.6. The molecular formula is C78H149NO18. The average Bonchev–Trinajstić information content (AvgIpc) is 0.792. The molecule has 3 aliphatic heterocycles. The van der Waals surface area contributed by atoms with Crippen molar-refractivity contribution in [2.75, 3.05) is 26.4 Å². The zero-order valence-corrected chi connectivity index (χ0v) is 61.3. The van der Waals surface area contributed by atoms with Gasteiger partial charge in [0, 0.05) is 6.42 Å². The molecule has 19 nitrogen and oxygen atoms in total. The van der Waals surface area contributed by atoms with Gasteiger partial charge in [0.2, 0.25) is 5.91 Å². The van der Waals surface area contributed by atoms with E-state index in [4.69, 9.17) is 28.4 Å². The quantitative estimate of drug-likeness (QED) is 0.0199. The molecule has 1 amide bonds. The smallest absolute Gasteiger partial charge is 0.220 e. The zero-order valence-electron chi connectivity index (χ0n) is 61.3. The molecule has 3 heterocycles. The molecule has 19 heteroatoms. The summed E-state index contributed by atoms with van der Waals surface area (Å²) in [5.41, 5.74) is 0. The van der Waals surface area contributed by atoms with Crippen LogP contribution in [-0.4, -0.2) is 193 Å². The second-order valence-corrected chi connectivity index (χ2v) is 29.2. The summed E-state index contributed by atoms with van der Waals surface area (Å²) in [6.45, 7) is 1.81. The van der Waals surface area contributed by atoms with Crippen molar-refractivity contribution in [1.82, 2.24) is 5.32 Å². The lowest BCUT2D eigenvalue weighted by Gasteiger charge is -2.48. The number of unbranched alkanes of at least 4 members (excludes halogenated alkanes) is 49. The fourth-order valence-electron chi connectivity index (χ4n) is 14.1. The van der Waals surface area contributed by atoms with Crippen molar-refractivity contribution in [3.63, 3.8) is 0 Å². The molecule has 574 valence electrons. The van der Waals surface area contributed by atoms with E-state index >= 15 is 0 Å². The zero-order chi connectivity index (χ0) is 70.4. The second kappa shape index (κ2) is 59.9. The van der Waals surface area contributed by atoms with Crippen molar-refractivity contribution >= 4 is 5.91 Å². The van der Waals surface area contributed by atoms with Gasteiger partial charge in [0.15, 0.2) is 18.9 Å². The normalized spacial score (nSPS) is 26.9. The maximum atomic E-state index is 13.5. The molecule has 0 aromatic heterocycles. The van der Waals surface area contributed by atoms with Crippen molar-refractivity contribution in [3.8, 4) is 0 Å². The van der Waals surface area contributed by atoms with Crippen molar-refractivity contribution in [1.29, 1.82) is 0 Å². The second-order valence-electron chi connectivity index (χ2n) is 29.2. The molecule has 0 aromatic carbocycles. The molecule has 97 heavy (non-hydrogen) atoms. The number of amides is 1. The Morgan fingerprint density at radius 1 is 0.361 bits per heavy atom. The van der Waals surface area contributed by atoms with Gasteiger partial charge in [0.05, 0.1) is 38.6 Å². The highest BCUT2D eigenvalue weighted by Crippen LogP contribution is 2.33. The molecule has 0 aliphatic carbocycles. The van der Waals surface area contributed by atoms with Crippen LogP contribution in [0.5, 0.6) is 0 Å². The molecule has 0 spiro atoms. The van der Waals surface area contributed by atoms with Crippen LogP contribution in [0.1, 0.15) is 348 Å². The number of aliphatic hydroxyl groups is 11. The number of ether oxygens (including phenoxy) is 6. The monoisotopic (exact) mass is 1390 g/mol. The third kappa shape index (κ3) is 40.4. The van der Waals surface area contributed by atoms with Crippen molar-refractivity contribution in [2.24, 2.45) is 0 Å². The largest absolute Gasteiger partial charge is 0.394 e. The number of rotatable bonds is 65. The molecule has 3 aliphatic rings. The number of hydrogen-bond donors (Lipinski definition) is 12. The number of carbonyl (C=O) groups excluding carboxylic acids is 1. The first-order valence-corrected chi connectivity index (χ1v) is 40.4. The first kappa shape index (κ1) is 89.7. The van der Waals surface area contributed by atoms with Crippen LogP contribution >= 0.6 is 0 Å². The highest BCUT2D eigenvalue weighted by atomic mass is 16.8. The molecule has 3 fully saturated rings. The fourth-order valence-corrected chi connectivity index (χ4v) is 14.1. The van der Waals surface area contributed by atoms with E-state index in [1.165, 1.54) is 276 Å². The molecule has 3 rings (SSSR count). The van der Waals surface area contributed by atoms with Gasteiger partial charge in [-0.3, -0.25) is 4.79 Å². The SMILES string of the molecule is CCCCCCCCCCCCCCCCCCCCCCCCCCCC/C=C/C(O)C(COC1OC(CO)C(OC2OC(CO)C(OC3OC(CO)C(O)C(O)C3O)C(O)C2O)C(O)C1O)NC(=O)CCCCCCCCCCCCCCCCCCCCCCCCCC. The van der Waals surface area contributed by atoms with Crippen LogP contribution < -0.4 is 5.32 Å². The van der Waals surface area contributed by atoms with E-state index in [0.29, 0.717) is 6.42 Å². The minimum absolute atomic E-state index is 0.250. The number of aliphatic hydroxyl groups excluding tert-OH is 11. The van der Waals surface area contributed by atoms with Crippen LogP contribution in [0.4, 0.5) is 0 Å². The summed E-state index contributed by atoms with van der Waals surface area (Å²) in [6.07, 6.45) is 43.4. The number of hydrogen-bond acceptors (Lipinski definition) is 18. The van der Waals surface area contributed by atoms with Gasteiger partial charge in [-0.1, -0.05) is 334 Å². The highest BCUT2D eigenvalue weighted by Gasteiger charge is 2.54. The van der Waals surface area contributed by atoms with E-state index < -0.39 is 124 Å². The third-order valence-electron chi connectivity index (χ3n) is 20.6. The van der Waals surface area contributed by atoms with Gasteiger partial charge in [0.25, 0.3) is 0 Å². The average molecular weight is 1390 g/mol. The van der Waals surface area contributed by atoms with Gasteiger partial charge in [-0.25, -0.2) is 0 Å². The summed E-state index contributed by atoms with van der Waals surface area (Å²) >= 11 is 0. The molecular weight excluding hydrogens is 1240 g/mol. The van der Waals surface area contributed by atoms with Gasteiger partial charge < -0.3 is 89.9 Å². The van der Waals surface area contributed by atoms with Gasteiger partial charge in [-0.15, -0.1) is 0 Å². The van der Waals surface area contributed by atoms with Crippen LogP contribution in [0.2, 0.25) is 0 Å². The minimum atomic E-state index is -1.98. The topological polar surface area (TPSA) is 307 Å². The van der Waals surface area contributed by atoms with Gasteiger partial charge in [-0.2, -0.15) is 0 Å². The molecule has 0 saturated carbocycles.